The third-order valence-corrected chi connectivity index (χ3v) is 2.01. The number of hydrogen-bond acceptors (Lipinski definition) is 5. The molecule has 2 rings (SSSR count). The lowest BCUT2D eigenvalue weighted by atomic mass is 10.3. The average molecular weight is 244 g/mol. The molecule has 2 aromatic rings. The molecule has 0 aliphatic heterocycles. The fraction of sp³-hybridized carbons (Fsp3) is 0. The minimum absolute atomic E-state index is 0.000512. The summed E-state index contributed by atoms with van der Waals surface area (Å²) < 4.78 is 0. The Kier molecular flexibility index (Phi) is 3.24. The number of amides is 1. The van der Waals surface area contributed by atoms with Crippen molar-refractivity contribution in [1.82, 2.24) is 15.2 Å². The van der Waals surface area contributed by atoms with Crippen LogP contribution >= 0.6 is 0 Å². The topological polar surface area (TPSA) is 105 Å². The quantitative estimate of drug-likeness (QED) is 0.828. The second kappa shape index (κ2) is 5.00. The van der Waals surface area contributed by atoms with Crippen LogP contribution in [-0.2, 0) is 0 Å². The molecule has 90 valence electrons. The number of rotatable bonds is 3. The van der Waals surface area contributed by atoms with Crippen LogP contribution in [0.3, 0.4) is 0 Å². The van der Waals surface area contributed by atoms with E-state index in [4.69, 9.17) is 5.11 Å². The van der Waals surface area contributed by atoms with Crippen molar-refractivity contribution in [3.8, 4) is 0 Å². The molecule has 0 atom stereocenters. The minimum Gasteiger partial charge on any atom is -0.477 e. The molecule has 18 heavy (non-hydrogen) atoms. The van der Waals surface area contributed by atoms with E-state index >= 15 is 0 Å². The van der Waals surface area contributed by atoms with Crippen molar-refractivity contribution in [2.24, 2.45) is 0 Å². The predicted molar refractivity (Wildman–Crippen MR) is 61.2 cm³/mol. The van der Waals surface area contributed by atoms with E-state index in [9.17, 15) is 9.59 Å². The van der Waals surface area contributed by atoms with Crippen LogP contribution in [0.4, 0.5) is 5.82 Å². The molecule has 0 aliphatic rings. The Morgan fingerprint density at radius 3 is 2.56 bits per heavy atom. The van der Waals surface area contributed by atoms with Crippen molar-refractivity contribution in [3.63, 3.8) is 0 Å². The van der Waals surface area contributed by atoms with Gasteiger partial charge in [0.15, 0.2) is 5.82 Å². The number of aromatic carboxylic acids is 1. The number of carbonyl (C=O) groups is 2. The van der Waals surface area contributed by atoms with Gasteiger partial charge in [-0.1, -0.05) is 6.07 Å². The fourth-order valence-corrected chi connectivity index (χ4v) is 1.23. The van der Waals surface area contributed by atoms with Crippen molar-refractivity contribution in [1.29, 1.82) is 0 Å². The van der Waals surface area contributed by atoms with E-state index in [0.717, 1.165) is 0 Å². The molecule has 2 N–H and O–H groups in total. The SMILES string of the molecule is O=C(O)c1cccc(C(=O)Nc2cccnn2)n1. The second-order valence-corrected chi connectivity index (χ2v) is 3.28. The van der Waals surface area contributed by atoms with Gasteiger partial charge in [-0.3, -0.25) is 4.79 Å². The van der Waals surface area contributed by atoms with Crippen molar-refractivity contribution < 1.29 is 14.7 Å². The highest BCUT2D eigenvalue weighted by Gasteiger charge is 2.11. The van der Waals surface area contributed by atoms with E-state index in [-0.39, 0.29) is 17.2 Å². The Morgan fingerprint density at radius 1 is 1.11 bits per heavy atom. The lowest BCUT2D eigenvalue weighted by molar-refractivity contribution is 0.0690. The van der Waals surface area contributed by atoms with E-state index in [1.807, 2.05) is 0 Å². The Morgan fingerprint density at radius 2 is 1.89 bits per heavy atom. The maximum atomic E-state index is 11.8. The maximum Gasteiger partial charge on any atom is 0.354 e. The first-order valence-corrected chi connectivity index (χ1v) is 4.96. The highest BCUT2D eigenvalue weighted by atomic mass is 16.4. The van der Waals surface area contributed by atoms with Crippen molar-refractivity contribution in [3.05, 3.63) is 47.9 Å². The number of anilines is 1. The predicted octanol–water partition coefficient (Wildman–Crippen LogP) is 0.822. The highest BCUT2D eigenvalue weighted by Crippen LogP contribution is 2.04. The monoisotopic (exact) mass is 244 g/mol. The molecule has 0 radical (unpaired) electrons. The zero-order valence-corrected chi connectivity index (χ0v) is 9.07. The minimum atomic E-state index is -1.19. The number of pyridine rings is 1. The normalized spacial score (nSPS) is 9.78. The molecule has 0 aliphatic carbocycles. The zero-order valence-electron chi connectivity index (χ0n) is 9.07. The van der Waals surface area contributed by atoms with Gasteiger partial charge in [0, 0.05) is 6.20 Å². The van der Waals surface area contributed by atoms with Crippen LogP contribution < -0.4 is 5.32 Å². The molecule has 1 amide bonds. The lowest BCUT2D eigenvalue weighted by Crippen LogP contribution is -2.16. The summed E-state index contributed by atoms with van der Waals surface area (Å²) in [5.41, 5.74) is -0.192. The highest BCUT2D eigenvalue weighted by molar-refractivity contribution is 6.02. The van der Waals surface area contributed by atoms with Crippen LogP contribution in [0.25, 0.3) is 0 Å². The molecule has 2 heterocycles. The van der Waals surface area contributed by atoms with Gasteiger partial charge in [-0.05, 0) is 24.3 Å². The molecule has 2 aromatic heterocycles. The van der Waals surface area contributed by atoms with E-state index < -0.39 is 11.9 Å². The first kappa shape index (κ1) is 11.6. The van der Waals surface area contributed by atoms with Gasteiger partial charge >= 0.3 is 5.97 Å². The molecule has 0 fully saturated rings. The largest absolute Gasteiger partial charge is 0.477 e. The van der Waals surface area contributed by atoms with Gasteiger partial charge in [0.25, 0.3) is 5.91 Å². The second-order valence-electron chi connectivity index (χ2n) is 3.28. The van der Waals surface area contributed by atoms with Gasteiger partial charge in [-0.15, -0.1) is 5.10 Å². The number of carbonyl (C=O) groups excluding carboxylic acids is 1. The van der Waals surface area contributed by atoms with Crippen LogP contribution in [0.1, 0.15) is 21.0 Å². The van der Waals surface area contributed by atoms with Crippen LogP contribution in [0, 0.1) is 0 Å². The first-order valence-electron chi connectivity index (χ1n) is 4.96. The number of hydrogen-bond donors (Lipinski definition) is 2. The van der Waals surface area contributed by atoms with Gasteiger partial charge in [-0.25, -0.2) is 9.78 Å². The molecule has 0 saturated heterocycles. The summed E-state index contributed by atoms with van der Waals surface area (Å²) in [5.74, 6) is -1.47. The van der Waals surface area contributed by atoms with Crippen LogP contribution in [0.2, 0.25) is 0 Å². The number of aromatic nitrogens is 3. The van der Waals surface area contributed by atoms with E-state index in [0.29, 0.717) is 0 Å². The summed E-state index contributed by atoms with van der Waals surface area (Å²) in [7, 11) is 0. The molecule has 7 heteroatoms. The number of carboxylic acids is 1. The molecule has 0 aromatic carbocycles. The third kappa shape index (κ3) is 2.64. The fourth-order valence-electron chi connectivity index (χ4n) is 1.23. The van der Waals surface area contributed by atoms with Gasteiger partial charge in [0.2, 0.25) is 0 Å². The number of carboxylic acid groups (broad SMARTS) is 1. The Balaban J connectivity index is 2.19. The Bertz CT molecular complexity index is 586. The van der Waals surface area contributed by atoms with Gasteiger partial charge in [0.1, 0.15) is 11.4 Å². The van der Waals surface area contributed by atoms with Gasteiger partial charge < -0.3 is 10.4 Å². The van der Waals surface area contributed by atoms with Crippen molar-refractivity contribution in [2.75, 3.05) is 5.32 Å². The van der Waals surface area contributed by atoms with E-state index in [2.05, 4.69) is 20.5 Å². The third-order valence-electron chi connectivity index (χ3n) is 2.01. The lowest BCUT2D eigenvalue weighted by Gasteiger charge is -2.03. The van der Waals surface area contributed by atoms with E-state index in [1.165, 1.54) is 24.4 Å². The molecule has 0 saturated carbocycles. The maximum absolute atomic E-state index is 11.8. The van der Waals surface area contributed by atoms with Crippen molar-refractivity contribution >= 4 is 17.7 Å². The van der Waals surface area contributed by atoms with E-state index in [1.54, 1.807) is 12.1 Å². The molecular weight excluding hydrogens is 236 g/mol. The summed E-state index contributed by atoms with van der Waals surface area (Å²) in [6.07, 6.45) is 1.47. The average Bonchev–Trinajstić information content (AvgIpc) is 2.40. The first-order chi connectivity index (χ1) is 8.66. The summed E-state index contributed by atoms with van der Waals surface area (Å²) in [5, 5.41) is 18.5. The summed E-state index contributed by atoms with van der Waals surface area (Å²) in [6, 6.07) is 7.34. The van der Waals surface area contributed by atoms with Gasteiger partial charge in [-0.2, -0.15) is 5.10 Å². The van der Waals surface area contributed by atoms with Crippen LogP contribution in [0.15, 0.2) is 36.5 Å². The molecule has 0 bridgehead atoms. The molecule has 0 unspecified atom stereocenters. The van der Waals surface area contributed by atoms with Crippen molar-refractivity contribution in [2.45, 2.75) is 0 Å². The van der Waals surface area contributed by atoms with Crippen LogP contribution in [0.5, 0.6) is 0 Å². The summed E-state index contributed by atoms with van der Waals surface area (Å²) >= 11 is 0. The number of nitrogens with zero attached hydrogens (tertiary/aromatic N) is 3. The van der Waals surface area contributed by atoms with Crippen LogP contribution in [-0.4, -0.2) is 32.2 Å². The Hall–Kier alpha value is -2.83. The van der Waals surface area contributed by atoms with Gasteiger partial charge in [0.05, 0.1) is 0 Å². The zero-order chi connectivity index (χ0) is 13.0. The summed E-state index contributed by atoms with van der Waals surface area (Å²) in [6.45, 7) is 0. The smallest absolute Gasteiger partial charge is 0.354 e. The number of nitrogens with one attached hydrogen (secondary N) is 1. The Labute approximate surface area is 102 Å². The molecule has 0 spiro atoms. The molecule has 7 nitrogen and oxygen atoms in total. The molecular formula is C11H8N4O3. The summed E-state index contributed by atoms with van der Waals surface area (Å²) in [4.78, 5) is 26.2. The standard InChI is InChI=1S/C11H8N4O3/c16-10(14-9-5-2-6-12-15-9)7-3-1-4-8(13-7)11(17)18/h1-6H,(H,17,18)(H,14,15,16).